The smallest absolute Gasteiger partial charge is 0.236 e. The Bertz CT molecular complexity index is 454. The summed E-state index contributed by atoms with van der Waals surface area (Å²) < 4.78 is 24.9. The molecule has 0 amide bonds. The second-order valence-electron chi connectivity index (χ2n) is 3.47. The number of benzene rings is 1. The summed E-state index contributed by atoms with van der Waals surface area (Å²) in [4.78, 5) is 0. The van der Waals surface area contributed by atoms with Crippen molar-refractivity contribution >= 4 is 16.1 Å². The molecule has 94 valence electrons. The largest absolute Gasteiger partial charge is 0.395 e. The molecule has 0 bridgehead atoms. The minimum Gasteiger partial charge on any atom is -0.395 e. The normalized spacial score (nSPS) is 12.4. The lowest BCUT2D eigenvalue weighted by molar-refractivity contribution is 0.258. The van der Waals surface area contributed by atoms with Crippen LogP contribution in [0.15, 0.2) is 35.7 Å². The first-order valence-corrected chi connectivity index (χ1v) is 6.94. The van der Waals surface area contributed by atoms with Crippen LogP contribution in [-0.2, 0) is 10.0 Å². The number of aliphatic hydroxyl groups excluding tert-OH is 1. The van der Waals surface area contributed by atoms with Crippen LogP contribution in [-0.4, -0.2) is 37.5 Å². The number of hydrogen-bond donors (Lipinski definition) is 1. The predicted molar refractivity (Wildman–Crippen MR) is 68.7 cm³/mol. The summed E-state index contributed by atoms with van der Waals surface area (Å²) in [5, 5.41) is 9.95. The van der Waals surface area contributed by atoms with Gasteiger partial charge in [0.25, 0.3) is 0 Å². The molecule has 0 aromatic heterocycles. The van der Waals surface area contributed by atoms with Gasteiger partial charge in [-0.3, -0.25) is 0 Å². The molecule has 0 saturated heterocycles. The number of sulfonamides is 1. The van der Waals surface area contributed by atoms with Gasteiger partial charge in [-0.25, -0.2) is 8.42 Å². The Hall–Kier alpha value is -1.17. The van der Waals surface area contributed by atoms with E-state index in [1.165, 1.54) is 9.71 Å². The van der Waals surface area contributed by atoms with Gasteiger partial charge in [-0.2, -0.15) is 4.31 Å². The first-order valence-electron chi connectivity index (χ1n) is 5.44. The quantitative estimate of drug-likeness (QED) is 0.833. The summed E-state index contributed by atoms with van der Waals surface area (Å²) in [6.07, 6.45) is 1.55. The first-order chi connectivity index (χ1) is 8.10. The molecule has 5 heteroatoms. The molecule has 1 N–H and O–H groups in total. The number of hydrogen-bond acceptors (Lipinski definition) is 3. The van der Waals surface area contributed by atoms with E-state index in [4.69, 9.17) is 5.11 Å². The van der Waals surface area contributed by atoms with Crippen molar-refractivity contribution in [3.05, 3.63) is 41.3 Å². The number of likely N-dealkylation sites (N-methyl/N-ethyl adjacent to an activating group) is 1. The van der Waals surface area contributed by atoms with Gasteiger partial charge in [-0.15, -0.1) is 0 Å². The van der Waals surface area contributed by atoms with E-state index < -0.39 is 10.0 Å². The Morgan fingerprint density at radius 1 is 1.29 bits per heavy atom. The molecule has 4 nitrogen and oxygen atoms in total. The number of nitrogens with zero attached hydrogens (tertiary/aromatic N) is 1. The zero-order chi connectivity index (χ0) is 12.7. The van der Waals surface area contributed by atoms with Crippen LogP contribution in [0, 0.1) is 0 Å². The summed E-state index contributed by atoms with van der Waals surface area (Å²) in [7, 11) is -3.44. The molecule has 0 aliphatic heterocycles. The highest BCUT2D eigenvalue weighted by molar-refractivity contribution is 7.92. The lowest BCUT2D eigenvalue weighted by atomic mass is 10.2. The highest BCUT2D eigenvalue weighted by atomic mass is 32.2. The zero-order valence-corrected chi connectivity index (χ0v) is 10.6. The minimum absolute atomic E-state index is 0.123. The summed E-state index contributed by atoms with van der Waals surface area (Å²) in [6.45, 7) is 2.04. The van der Waals surface area contributed by atoms with Crippen LogP contribution in [0.5, 0.6) is 0 Å². The van der Waals surface area contributed by atoms with Crippen LogP contribution in [0.1, 0.15) is 12.5 Å². The molecule has 0 fully saturated rings. The van der Waals surface area contributed by atoms with Gasteiger partial charge in [0, 0.05) is 18.5 Å². The highest BCUT2D eigenvalue weighted by Gasteiger charge is 2.15. The van der Waals surface area contributed by atoms with Gasteiger partial charge in [0.05, 0.1) is 6.61 Å². The van der Waals surface area contributed by atoms with Crippen LogP contribution in [0.3, 0.4) is 0 Å². The Balaban J connectivity index is 2.82. The van der Waals surface area contributed by atoms with Crippen molar-refractivity contribution in [2.45, 2.75) is 6.92 Å². The van der Waals surface area contributed by atoms with E-state index >= 15 is 0 Å². The van der Waals surface area contributed by atoms with Crippen LogP contribution >= 0.6 is 0 Å². The molecule has 0 aliphatic rings. The van der Waals surface area contributed by atoms with Crippen molar-refractivity contribution < 1.29 is 13.5 Å². The van der Waals surface area contributed by atoms with Crippen LogP contribution < -0.4 is 0 Å². The third-order valence-electron chi connectivity index (χ3n) is 2.29. The van der Waals surface area contributed by atoms with Gasteiger partial charge >= 0.3 is 0 Å². The second-order valence-corrected chi connectivity index (χ2v) is 5.29. The molecule has 1 aromatic rings. The number of rotatable bonds is 6. The number of aliphatic hydroxyl groups is 1. The third kappa shape index (κ3) is 4.30. The molecule has 0 heterocycles. The molecule has 1 aromatic carbocycles. The highest BCUT2D eigenvalue weighted by Crippen LogP contribution is 2.07. The fourth-order valence-electron chi connectivity index (χ4n) is 1.39. The Kier molecular flexibility index (Phi) is 5.34. The Morgan fingerprint density at radius 3 is 2.47 bits per heavy atom. The van der Waals surface area contributed by atoms with Crippen molar-refractivity contribution in [3.8, 4) is 0 Å². The van der Waals surface area contributed by atoms with Gasteiger partial charge < -0.3 is 5.11 Å². The molecular weight excluding hydrogens is 238 g/mol. The Morgan fingerprint density at radius 2 is 1.94 bits per heavy atom. The molecule has 0 radical (unpaired) electrons. The van der Waals surface area contributed by atoms with E-state index in [9.17, 15) is 8.42 Å². The zero-order valence-electron chi connectivity index (χ0n) is 9.78. The summed E-state index contributed by atoms with van der Waals surface area (Å²) in [6, 6.07) is 9.22. The average molecular weight is 255 g/mol. The minimum atomic E-state index is -3.44. The molecule has 0 atom stereocenters. The third-order valence-corrected chi connectivity index (χ3v) is 3.93. The predicted octanol–water partition coefficient (Wildman–Crippen LogP) is 1.30. The topological polar surface area (TPSA) is 57.6 Å². The summed E-state index contributed by atoms with van der Waals surface area (Å²) in [5.74, 6) is 0. The summed E-state index contributed by atoms with van der Waals surface area (Å²) >= 11 is 0. The maximum absolute atomic E-state index is 11.9. The van der Waals surface area contributed by atoms with Crippen molar-refractivity contribution in [1.82, 2.24) is 4.31 Å². The van der Waals surface area contributed by atoms with Crippen LogP contribution in [0.4, 0.5) is 0 Å². The fourth-order valence-corrected chi connectivity index (χ4v) is 2.59. The van der Waals surface area contributed by atoms with Crippen molar-refractivity contribution in [3.63, 3.8) is 0 Å². The van der Waals surface area contributed by atoms with Gasteiger partial charge in [0.15, 0.2) is 0 Å². The molecule has 0 spiro atoms. The average Bonchev–Trinajstić information content (AvgIpc) is 2.34. The van der Waals surface area contributed by atoms with E-state index in [1.807, 2.05) is 30.3 Å². The van der Waals surface area contributed by atoms with Crippen LogP contribution in [0.2, 0.25) is 0 Å². The van der Waals surface area contributed by atoms with Crippen molar-refractivity contribution in [2.24, 2.45) is 0 Å². The summed E-state index contributed by atoms with van der Waals surface area (Å²) in [5.41, 5.74) is 0.830. The van der Waals surface area contributed by atoms with E-state index in [1.54, 1.807) is 13.0 Å². The van der Waals surface area contributed by atoms with Gasteiger partial charge in [0.1, 0.15) is 0 Å². The van der Waals surface area contributed by atoms with Gasteiger partial charge in [-0.05, 0) is 11.6 Å². The first kappa shape index (κ1) is 13.9. The van der Waals surface area contributed by atoms with E-state index in [2.05, 4.69) is 0 Å². The molecular formula is C12H17NO3S. The van der Waals surface area contributed by atoms with E-state index in [0.29, 0.717) is 6.54 Å². The molecule has 1 rings (SSSR count). The van der Waals surface area contributed by atoms with E-state index in [-0.39, 0.29) is 13.2 Å². The lowest BCUT2D eigenvalue weighted by Gasteiger charge is -2.16. The lowest BCUT2D eigenvalue weighted by Crippen LogP contribution is -2.31. The SMILES string of the molecule is CCN(CCO)S(=O)(=O)/C=C/c1ccccc1. The maximum atomic E-state index is 11.9. The standard InChI is InChI=1S/C12H17NO3S/c1-2-13(9-10-14)17(15,16)11-8-12-6-4-3-5-7-12/h3-8,11,14H,2,9-10H2,1H3/b11-8+. The molecule has 0 unspecified atom stereocenters. The molecule has 0 aliphatic carbocycles. The molecule has 17 heavy (non-hydrogen) atoms. The second kappa shape index (κ2) is 6.54. The fraction of sp³-hybridized carbons (Fsp3) is 0.333. The van der Waals surface area contributed by atoms with Gasteiger partial charge in [0.2, 0.25) is 10.0 Å². The van der Waals surface area contributed by atoms with Crippen molar-refractivity contribution in [2.75, 3.05) is 19.7 Å². The van der Waals surface area contributed by atoms with Gasteiger partial charge in [-0.1, -0.05) is 37.3 Å². The monoisotopic (exact) mass is 255 g/mol. The van der Waals surface area contributed by atoms with Crippen LogP contribution in [0.25, 0.3) is 6.08 Å². The maximum Gasteiger partial charge on any atom is 0.236 e. The molecule has 0 saturated carbocycles. The Labute approximate surface area is 102 Å². The van der Waals surface area contributed by atoms with Crippen molar-refractivity contribution in [1.29, 1.82) is 0 Å². The van der Waals surface area contributed by atoms with E-state index in [0.717, 1.165) is 5.56 Å².